The Morgan fingerprint density at radius 2 is 2.03 bits per heavy atom. The minimum Gasteiger partial charge on any atom is -0.339 e. The first-order valence-corrected chi connectivity index (χ1v) is 10.6. The number of aromatic nitrogens is 2. The average molecular weight is 444 g/mol. The highest BCUT2D eigenvalue weighted by atomic mass is 35.5. The second-order valence-electron chi connectivity index (χ2n) is 8.50. The quantitative estimate of drug-likeness (QED) is 0.591. The maximum absolute atomic E-state index is 15.3. The molecule has 0 spiro atoms. The van der Waals surface area contributed by atoms with E-state index in [1.807, 2.05) is 6.07 Å². The van der Waals surface area contributed by atoms with Crippen LogP contribution in [0.2, 0.25) is 5.02 Å². The molecule has 5 nitrogen and oxygen atoms in total. The molecule has 0 radical (unpaired) electrons. The fourth-order valence-electron chi connectivity index (χ4n) is 4.44. The van der Waals surface area contributed by atoms with Gasteiger partial charge in [-0.2, -0.15) is 4.98 Å². The number of Topliss-reactive ketones (excluding diaryl/α,β-unsaturated/α-hetero) is 1. The number of benzene rings is 2. The van der Waals surface area contributed by atoms with Crippen molar-refractivity contribution < 1.29 is 18.1 Å². The molecule has 1 aromatic heterocycles. The number of aryl methyl sites for hydroxylation is 2. The Morgan fingerprint density at radius 1 is 1.26 bits per heavy atom. The van der Waals surface area contributed by atoms with Crippen molar-refractivity contribution in [1.82, 2.24) is 10.1 Å². The van der Waals surface area contributed by atoms with Crippen LogP contribution in [-0.4, -0.2) is 21.5 Å². The normalized spacial score (nSPS) is 18.8. The zero-order valence-corrected chi connectivity index (χ0v) is 17.6. The summed E-state index contributed by atoms with van der Waals surface area (Å²) in [4.78, 5) is 16.6. The third-order valence-electron chi connectivity index (χ3n) is 6.28. The first kappa shape index (κ1) is 20.3. The van der Waals surface area contributed by atoms with Gasteiger partial charge in [-0.15, -0.1) is 0 Å². The Labute approximate surface area is 182 Å². The molecule has 0 saturated heterocycles. The van der Waals surface area contributed by atoms with E-state index < -0.39 is 17.2 Å². The molecule has 2 aliphatic carbocycles. The summed E-state index contributed by atoms with van der Waals surface area (Å²) in [6.45, 7) is 1.60. The summed E-state index contributed by atoms with van der Waals surface area (Å²) >= 11 is 6.10. The molecule has 1 unspecified atom stereocenters. The van der Waals surface area contributed by atoms with Crippen molar-refractivity contribution in [1.29, 1.82) is 0 Å². The highest BCUT2D eigenvalue weighted by Crippen LogP contribution is 2.44. The van der Waals surface area contributed by atoms with Crippen LogP contribution >= 0.6 is 11.6 Å². The number of nitrogens with zero attached hydrogens (tertiary/aromatic N) is 2. The predicted octanol–water partition coefficient (Wildman–Crippen LogP) is 5.12. The molecule has 2 N–H and O–H groups in total. The summed E-state index contributed by atoms with van der Waals surface area (Å²) in [6, 6.07) is 5.92. The number of fused-ring (bicyclic) bond motifs is 1. The van der Waals surface area contributed by atoms with Crippen molar-refractivity contribution in [3.8, 4) is 22.5 Å². The third kappa shape index (κ3) is 3.55. The molecule has 0 amide bonds. The van der Waals surface area contributed by atoms with Gasteiger partial charge in [0.05, 0.1) is 11.1 Å². The van der Waals surface area contributed by atoms with Gasteiger partial charge in [0.15, 0.2) is 5.78 Å². The topological polar surface area (TPSA) is 82.0 Å². The molecule has 1 saturated carbocycles. The molecule has 1 atom stereocenters. The van der Waals surface area contributed by atoms with Crippen molar-refractivity contribution in [2.24, 2.45) is 5.73 Å². The van der Waals surface area contributed by atoms with Crippen LogP contribution in [0.1, 0.15) is 48.6 Å². The lowest BCUT2D eigenvalue weighted by Crippen LogP contribution is -2.33. The van der Waals surface area contributed by atoms with E-state index in [4.69, 9.17) is 21.9 Å². The highest BCUT2D eigenvalue weighted by Gasteiger charge is 2.46. The number of hydrogen-bond acceptors (Lipinski definition) is 5. The largest absolute Gasteiger partial charge is 0.339 e. The second-order valence-corrected chi connectivity index (χ2v) is 8.93. The molecule has 0 bridgehead atoms. The standard InChI is InChI=1S/C23H20ClF2N3O2/c1-11-28-22(29-31-11)21-16(9-15(24)10-18(21)26)14-6-12-2-3-13(20(12)17(25)7-14)8-19(30)23(27)4-5-23/h6-7,9-10,13H,2-5,8,27H2,1H3. The fourth-order valence-corrected chi connectivity index (χ4v) is 4.65. The summed E-state index contributed by atoms with van der Waals surface area (Å²) in [5, 5.41) is 4.00. The van der Waals surface area contributed by atoms with Crippen LogP contribution in [0.25, 0.3) is 22.5 Å². The van der Waals surface area contributed by atoms with E-state index in [0.29, 0.717) is 42.4 Å². The summed E-state index contributed by atoms with van der Waals surface area (Å²) in [7, 11) is 0. The van der Waals surface area contributed by atoms with Crippen molar-refractivity contribution in [2.45, 2.75) is 50.5 Å². The monoisotopic (exact) mass is 443 g/mol. The summed E-state index contributed by atoms with van der Waals surface area (Å²) in [5.74, 6) is -0.862. The van der Waals surface area contributed by atoms with Crippen LogP contribution in [0.3, 0.4) is 0 Å². The Bertz CT molecular complexity index is 1220. The Morgan fingerprint density at radius 3 is 2.71 bits per heavy atom. The second kappa shape index (κ2) is 7.21. The number of carbonyl (C=O) groups excluding carboxylic acids is 1. The van der Waals surface area contributed by atoms with Crippen molar-refractivity contribution >= 4 is 17.4 Å². The smallest absolute Gasteiger partial charge is 0.223 e. The lowest BCUT2D eigenvalue weighted by atomic mass is 9.90. The van der Waals surface area contributed by atoms with E-state index in [-0.39, 0.29) is 40.4 Å². The van der Waals surface area contributed by atoms with Crippen LogP contribution < -0.4 is 5.73 Å². The summed E-state index contributed by atoms with van der Waals surface area (Å²) < 4.78 is 35.1. The van der Waals surface area contributed by atoms with E-state index in [9.17, 15) is 9.18 Å². The maximum atomic E-state index is 15.3. The van der Waals surface area contributed by atoms with Gasteiger partial charge in [0, 0.05) is 18.4 Å². The number of carbonyl (C=O) groups is 1. The molecular weight excluding hydrogens is 424 g/mol. The van der Waals surface area contributed by atoms with Gasteiger partial charge < -0.3 is 10.3 Å². The van der Waals surface area contributed by atoms with Gasteiger partial charge in [0.2, 0.25) is 11.7 Å². The zero-order valence-electron chi connectivity index (χ0n) is 16.8. The molecule has 5 rings (SSSR count). The summed E-state index contributed by atoms with van der Waals surface area (Å²) in [6.07, 6.45) is 2.96. The van der Waals surface area contributed by atoms with Gasteiger partial charge in [-0.3, -0.25) is 4.79 Å². The zero-order chi connectivity index (χ0) is 21.9. The van der Waals surface area contributed by atoms with Crippen LogP contribution in [0.15, 0.2) is 28.8 Å². The molecule has 3 aromatic rings. The van der Waals surface area contributed by atoms with Gasteiger partial charge >= 0.3 is 0 Å². The molecule has 31 heavy (non-hydrogen) atoms. The van der Waals surface area contributed by atoms with E-state index in [1.165, 1.54) is 6.07 Å². The van der Waals surface area contributed by atoms with Gasteiger partial charge in [0.1, 0.15) is 11.6 Å². The van der Waals surface area contributed by atoms with E-state index in [1.54, 1.807) is 13.0 Å². The molecular formula is C23H20ClF2N3O2. The third-order valence-corrected chi connectivity index (χ3v) is 6.50. The minimum atomic E-state index is -0.713. The number of hydrogen-bond donors (Lipinski definition) is 1. The van der Waals surface area contributed by atoms with Crippen LogP contribution in [0.4, 0.5) is 8.78 Å². The van der Waals surface area contributed by atoms with Crippen molar-refractivity contribution in [3.63, 3.8) is 0 Å². The molecule has 1 fully saturated rings. The van der Waals surface area contributed by atoms with E-state index in [0.717, 1.165) is 11.6 Å². The molecule has 8 heteroatoms. The lowest BCUT2D eigenvalue weighted by molar-refractivity contribution is -0.121. The number of ketones is 1. The predicted molar refractivity (Wildman–Crippen MR) is 112 cm³/mol. The first-order chi connectivity index (χ1) is 14.7. The molecule has 2 aliphatic rings. The van der Waals surface area contributed by atoms with Gasteiger partial charge in [-0.05, 0) is 72.1 Å². The van der Waals surface area contributed by atoms with Gasteiger partial charge in [-0.1, -0.05) is 22.8 Å². The van der Waals surface area contributed by atoms with Gasteiger partial charge in [0.25, 0.3) is 0 Å². The number of halogens is 3. The van der Waals surface area contributed by atoms with E-state index >= 15 is 4.39 Å². The first-order valence-electron chi connectivity index (χ1n) is 10.2. The Balaban J connectivity index is 1.56. The SMILES string of the molecule is Cc1nc(-c2c(F)cc(Cl)cc2-c2cc(F)c3c(c2)CCC3CC(=O)C2(N)CC2)no1. The van der Waals surface area contributed by atoms with Gasteiger partial charge in [-0.25, -0.2) is 8.78 Å². The highest BCUT2D eigenvalue weighted by molar-refractivity contribution is 6.31. The van der Waals surface area contributed by atoms with Crippen molar-refractivity contribution in [3.05, 3.63) is 57.9 Å². The Hall–Kier alpha value is -2.64. The molecule has 2 aromatic carbocycles. The lowest BCUT2D eigenvalue weighted by Gasteiger charge is -2.16. The molecule has 160 valence electrons. The number of nitrogens with two attached hydrogens (primary N) is 1. The summed E-state index contributed by atoms with van der Waals surface area (Å²) in [5.41, 5.74) is 7.62. The Kier molecular flexibility index (Phi) is 4.71. The maximum Gasteiger partial charge on any atom is 0.223 e. The van der Waals surface area contributed by atoms with E-state index in [2.05, 4.69) is 10.1 Å². The fraction of sp³-hybridized carbons (Fsp3) is 0.348. The van der Waals surface area contributed by atoms with Crippen LogP contribution in [-0.2, 0) is 11.2 Å². The average Bonchev–Trinajstić information content (AvgIpc) is 3.12. The van der Waals surface area contributed by atoms with Crippen LogP contribution in [0.5, 0.6) is 0 Å². The van der Waals surface area contributed by atoms with Crippen LogP contribution in [0, 0.1) is 18.6 Å². The van der Waals surface area contributed by atoms with Crippen molar-refractivity contribution in [2.75, 3.05) is 0 Å². The molecule has 1 heterocycles. The molecule has 0 aliphatic heterocycles. The minimum absolute atomic E-state index is 0.000464. The number of rotatable bonds is 5.